The maximum absolute atomic E-state index is 13.2. The Bertz CT molecular complexity index is 1010. The zero-order valence-electron chi connectivity index (χ0n) is 16.5. The van der Waals surface area contributed by atoms with Crippen LogP contribution in [0.3, 0.4) is 0 Å². The molecule has 7 nitrogen and oxygen atoms in total. The first-order valence-corrected chi connectivity index (χ1v) is 10.5. The van der Waals surface area contributed by atoms with Crippen LogP contribution in [0, 0.1) is 5.92 Å². The molecule has 0 aliphatic carbocycles. The van der Waals surface area contributed by atoms with Gasteiger partial charge in [0.2, 0.25) is 5.91 Å². The molecule has 0 spiro atoms. The average Bonchev–Trinajstić information content (AvgIpc) is 3.19. The van der Waals surface area contributed by atoms with E-state index in [2.05, 4.69) is 25.4 Å². The van der Waals surface area contributed by atoms with Crippen LogP contribution in [0.5, 0.6) is 0 Å². The van der Waals surface area contributed by atoms with Gasteiger partial charge < -0.3 is 14.8 Å². The van der Waals surface area contributed by atoms with E-state index in [1.165, 1.54) is 0 Å². The Kier molecular flexibility index (Phi) is 6.20. The van der Waals surface area contributed by atoms with Gasteiger partial charge in [-0.2, -0.15) is 0 Å². The summed E-state index contributed by atoms with van der Waals surface area (Å²) in [5.74, 6) is 1.33. The van der Waals surface area contributed by atoms with Crippen molar-refractivity contribution in [1.82, 2.24) is 25.1 Å². The summed E-state index contributed by atoms with van der Waals surface area (Å²) in [6, 6.07) is 10.7. The lowest BCUT2D eigenvalue weighted by molar-refractivity contribution is -0.125. The summed E-state index contributed by atoms with van der Waals surface area (Å²) in [5, 5.41) is 12.3. The fraction of sp³-hybridized carbons (Fsp3) is 0.333. The van der Waals surface area contributed by atoms with Crippen LogP contribution in [0.2, 0.25) is 10.2 Å². The molecule has 0 bridgehead atoms. The Hall–Kier alpha value is -2.64. The van der Waals surface area contributed by atoms with Crippen molar-refractivity contribution < 1.29 is 4.79 Å². The van der Waals surface area contributed by atoms with Gasteiger partial charge in [-0.1, -0.05) is 35.3 Å². The van der Waals surface area contributed by atoms with Crippen LogP contribution in [0.1, 0.15) is 30.3 Å². The molecule has 1 N–H and O–H groups in total. The summed E-state index contributed by atoms with van der Waals surface area (Å²) < 4.78 is 1.91. The molecular formula is C21H22Cl2N6O. The Morgan fingerprint density at radius 1 is 1.17 bits per heavy atom. The zero-order valence-corrected chi connectivity index (χ0v) is 18.0. The molecule has 0 saturated carbocycles. The number of carbonyl (C=O) groups is 1. The van der Waals surface area contributed by atoms with E-state index in [4.69, 9.17) is 23.2 Å². The number of amides is 1. The lowest BCUT2D eigenvalue weighted by Crippen LogP contribution is -2.44. The predicted molar refractivity (Wildman–Crippen MR) is 117 cm³/mol. The quantitative estimate of drug-likeness (QED) is 0.649. The third-order valence-corrected chi connectivity index (χ3v) is 5.79. The van der Waals surface area contributed by atoms with Gasteiger partial charge in [0, 0.05) is 37.6 Å². The number of halogens is 2. The number of rotatable bonds is 5. The van der Waals surface area contributed by atoms with E-state index >= 15 is 0 Å². The minimum absolute atomic E-state index is 0.00965. The average molecular weight is 445 g/mol. The lowest BCUT2D eigenvalue weighted by atomic mass is 9.96. The van der Waals surface area contributed by atoms with Crippen LogP contribution in [0.4, 0.5) is 5.82 Å². The van der Waals surface area contributed by atoms with Crippen molar-refractivity contribution in [2.45, 2.75) is 18.9 Å². The van der Waals surface area contributed by atoms with Crippen LogP contribution in [-0.2, 0) is 11.8 Å². The number of hydrogen-bond acceptors (Lipinski definition) is 5. The first-order valence-electron chi connectivity index (χ1n) is 9.78. The number of hydrogen-bond donors (Lipinski definition) is 1. The molecule has 1 aliphatic rings. The van der Waals surface area contributed by atoms with Crippen LogP contribution < -0.4 is 10.2 Å². The highest BCUT2D eigenvalue weighted by Crippen LogP contribution is 2.26. The van der Waals surface area contributed by atoms with Gasteiger partial charge in [-0.25, -0.2) is 4.98 Å². The molecule has 9 heteroatoms. The maximum atomic E-state index is 13.2. The number of aryl methyl sites for hydroxylation is 1. The molecule has 3 heterocycles. The maximum Gasteiger partial charge on any atom is 0.225 e. The molecule has 4 rings (SSSR count). The summed E-state index contributed by atoms with van der Waals surface area (Å²) in [7, 11) is 1.92. The number of aromatic nitrogens is 4. The van der Waals surface area contributed by atoms with Gasteiger partial charge in [-0.15, -0.1) is 10.2 Å². The molecular weight excluding hydrogens is 423 g/mol. The molecule has 1 fully saturated rings. The van der Waals surface area contributed by atoms with Gasteiger partial charge in [-0.3, -0.25) is 4.79 Å². The van der Waals surface area contributed by atoms with E-state index in [1.54, 1.807) is 12.3 Å². The van der Waals surface area contributed by atoms with Crippen molar-refractivity contribution in [3.05, 3.63) is 70.4 Å². The number of imidazole rings is 1. The van der Waals surface area contributed by atoms with Crippen molar-refractivity contribution in [3.8, 4) is 0 Å². The zero-order chi connectivity index (χ0) is 21.1. The van der Waals surface area contributed by atoms with Gasteiger partial charge >= 0.3 is 0 Å². The molecule has 0 unspecified atom stereocenters. The molecule has 1 aromatic carbocycles. The Morgan fingerprint density at radius 2 is 1.97 bits per heavy atom. The Balaban J connectivity index is 1.52. The monoisotopic (exact) mass is 444 g/mol. The van der Waals surface area contributed by atoms with Crippen molar-refractivity contribution in [1.29, 1.82) is 0 Å². The largest absolute Gasteiger partial charge is 0.354 e. The van der Waals surface area contributed by atoms with Gasteiger partial charge in [-0.05, 0) is 42.7 Å². The van der Waals surface area contributed by atoms with Crippen LogP contribution in [0.25, 0.3) is 0 Å². The van der Waals surface area contributed by atoms with Crippen LogP contribution in [0.15, 0.2) is 48.8 Å². The number of benzene rings is 1. The molecule has 3 aromatic rings. The highest BCUT2D eigenvalue weighted by Gasteiger charge is 2.30. The summed E-state index contributed by atoms with van der Waals surface area (Å²) in [5.41, 5.74) is 0.929. The van der Waals surface area contributed by atoms with Gasteiger partial charge in [0.25, 0.3) is 0 Å². The topological polar surface area (TPSA) is 75.9 Å². The minimum atomic E-state index is -0.361. The summed E-state index contributed by atoms with van der Waals surface area (Å²) in [4.78, 5) is 19.8. The molecule has 1 amide bonds. The molecule has 2 atom stereocenters. The third-order valence-electron chi connectivity index (χ3n) is 5.34. The standard InChI is InChI=1S/C21H22Cl2N6O/c1-28-12-10-24-20(28)19(14-4-6-16(22)7-5-14)25-21(30)15-3-2-11-29(13-15)18-9-8-17(23)26-27-18/h4-10,12,15,19H,2-3,11,13H2,1H3,(H,25,30)/t15-,19+/m0/s1. The fourth-order valence-corrected chi connectivity index (χ4v) is 3.97. The Labute approximate surface area is 185 Å². The number of nitrogens with one attached hydrogen (secondary N) is 1. The van der Waals surface area contributed by atoms with Crippen LogP contribution >= 0.6 is 23.2 Å². The van der Waals surface area contributed by atoms with Crippen molar-refractivity contribution in [2.24, 2.45) is 13.0 Å². The molecule has 30 heavy (non-hydrogen) atoms. The molecule has 156 valence electrons. The second-order valence-electron chi connectivity index (χ2n) is 7.39. The second-order valence-corrected chi connectivity index (χ2v) is 8.21. The van der Waals surface area contributed by atoms with E-state index in [-0.39, 0.29) is 17.9 Å². The van der Waals surface area contributed by atoms with Crippen LogP contribution in [-0.4, -0.2) is 38.7 Å². The van der Waals surface area contributed by atoms with Crippen molar-refractivity contribution in [3.63, 3.8) is 0 Å². The SMILES string of the molecule is Cn1ccnc1[C@H](NC(=O)[C@H]1CCCN(c2ccc(Cl)nn2)C1)c1ccc(Cl)cc1. The summed E-state index contributed by atoms with van der Waals surface area (Å²) in [6.45, 7) is 1.41. The second kappa shape index (κ2) is 9.02. The number of carbonyl (C=O) groups excluding carboxylic acids is 1. The van der Waals surface area contributed by atoms with Gasteiger partial charge in [0.05, 0.1) is 5.92 Å². The van der Waals surface area contributed by atoms with E-state index in [0.29, 0.717) is 16.7 Å². The third kappa shape index (κ3) is 4.57. The summed E-state index contributed by atoms with van der Waals surface area (Å²) in [6.07, 6.45) is 5.31. The highest BCUT2D eigenvalue weighted by molar-refractivity contribution is 6.30. The molecule has 0 radical (unpaired) electrons. The minimum Gasteiger partial charge on any atom is -0.354 e. The van der Waals surface area contributed by atoms with E-state index in [9.17, 15) is 4.79 Å². The smallest absolute Gasteiger partial charge is 0.225 e. The normalized spacial score (nSPS) is 17.6. The van der Waals surface area contributed by atoms with Crippen molar-refractivity contribution in [2.75, 3.05) is 18.0 Å². The lowest BCUT2D eigenvalue weighted by Gasteiger charge is -2.33. The number of anilines is 1. The fourth-order valence-electron chi connectivity index (χ4n) is 3.74. The van der Waals surface area contributed by atoms with E-state index in [0.717, 1.165) is 36.6 Å². The summed E-state index contributed by atoms with van der Waals surface area (Å²) >= 11 is 11.9. The van der Waals surface area contributed by atoms with E-state index < -0.39 is 0 Å². The van der Waals surface area contributed by atoms with Gasteiger partial charge in [0.1, 0.15) is 11.9 Å². The first kappa shape index (κ1) is 20.6. The highest BCUT2D eigenvalue weighted by atomic mass is 35.5. The molecule has 1 saturated heterocycles. The molecule has 1 aliphatic heterocycles. The van der Waals surface area contributed by atoms with Gasteiger partial charge in [0.15, 0.2) is 11.0 Å². The van der Waals surface area contributed by atoms with Crippen molar-refractivity contribution >= 4 is 34.9 Å². The van der Waals surface area contributed by atoms with E-state index in [1.807, 2.05) is 48.1 Å². The molecule has 2 aromatic heterocycles. The Morgan fingerprint density at radius 3 is 2.63 bits per heavy atom. The predicted octanol–water partition coefficient (Wildman–Crippen LogP) is 3.64. The first-order chi connectivity index (χ1) is 14.5. The number of piperidine rings is 1. The number of nitrogens with zero attached hydrogens (tertiary/aromatic N) is 5.